The van der Waals surface area contributed by atoms with E-state index in [2.05, 4.69) is 30.2 Å². The molecule has 3 rings (SSSR count). The number of rotatable bonds is 3. The third-order valence-electron chi connectivity index (χ3n) is 3.73. The Morgan fingerprint density at radius 1 is 1.22 bits per heavy atom. The molecular weight excluding hydrogens is 311 g/mol. The van der Waals surface area contributed by atoms with Crippen LogP contribution in [0.15, 0.2) is 6.33 Å². The summed E-state index contributed by atoms with van der Waals surface area (Å²) in [5.74, 6) is 0.530. The number of aromatic amines is 1. The zero-order chi connectivity index (χ0) is 16.4. The van der Waals surface area contributed by atoms with E-state index in [1.807, 2.05) is 11.9 Å². The van der Waals surface area contributed by atoms with Crippen molar-refractivity contribution in [3.8, 4) is 0 Å². The Labute approximate surface area is 130 Å². The summed E-state index contributed by atoms with van der Waals surface area (Å²) in [6.07, 6.45) is -1.97. The van der Waals surface area contributed by atoms with Gasteiger partial charge < -0.3 is 20.1 Å². The lowest BCUT2D eigenvalue weighted by atomic mass is 10.4. The van der Waals surface area contributed by atoms with Gasteiger partial charge >= 0.3 is 6.18 Å². The van der Waals surface area contributed by atoms with Crippen LogP contribution in [0.3, 0.4) is 0 Å². The van der Waals surface area contributed by atoms with Crippen LogP contribution in [-0.2, 0) is 0 Å². The van der Waals surface area contributed by atoms with Crippen LogP contribution in [0.2, 0.25) is 0 Å². The van der Waals surface area contributed by atoms with Crippen molar-refractivity contribution in [2.45, 2.75) is 12.6 Å². The second-order valence-corrected chi connectivity index (χ2v) is 5.59. The minimum Gasteiger partial charge on any atom is -0.359 e. The molecule has 0 aromatic carbocycles. The first kappa shape index (κ1) is 15.8. The Morgan fingerprint density at radius 2 is 2.04 bits per heavy atom. The third kappa shape index (κ3) is 3.81. The monoisotopic (exact) mass is 329 g/mol. The van der Waals surface area contributed by atoms with Gasteiger partial charge in [0.05, 0.1) is 6.33 Å². The van der Waals surface area contributed by atoms with Crippen molar-refractivity contribution in [2.75, 3.05) is 50.0 Å². The van der Waals surface area contributed by atoms with Crippen molar-refractivity contribution >= 4 is 22.9 Å². The van der Waals surface area contributed by atoms with Crippen LogP contribution in [0, 0.1) is 0 Å². The number of aromatic nitrogens is 4. The van der Waals surface area contributed by atoms with E-state index in [0.29, 0.717) is 17.1 Å². The van der Waals surface area contributed by atoms with Gasteiger partial charge in [0.1, 0.15) is 12.1 Å². The van der Waals surface area contributed by atoms with Crippen LogP contribution in [0.5, 0.6) is 0 Å². The van der Waals surface area contributed by atoms with Crippen LogP contribution in [-0.4, -0.2) is 70.8 Å². The van der Waals surface area contributed by atoms with Crippen molar-refractivity contribution in [2.24, 2.45) is 0 Å². The Morgan fingerprint density at radius 3 is 2.83 bits per heavy atom. The lowest BCUT2D eigenvalue weighted by molar-refractivity contribution is -0.115. The maximum Gasteiger partial charge on any atom is 0.405 e. The quantitative estimate of drug-likeness (QED) is 0.888. The van der Waals surface area contributed by atoms with Crippen molar-refractivity contribution in [1.82, 2.24) is 24.8 Å². The van der Waals surface area contributed by atoms with Crippen LogP contribution in [0.4, 0.5) is 24.9 Å². The van der Waals surface area contributed by atoms with Crippen molar-refractivity contribution < 1.29 is 13.2 Å². The number of alkyl halides is 3. The summed E-state index contributed by atoms with van der Waals surface area (Å²) in [5, 5.41) is 2.33. The van der Waals surface area contributed by atoms with Crippen LogP contribution in [0.1, 0.15) is 6.42 Å². The number of nitrogens with zero attached hydrogens (tertiary/aromatic N) is 5. The second kappa shape index (κ2) is 6.19. The average Bonchev–Trinajstić information content (AvgIpc) is 2.85. The predicted octanol–water partition coefficient (Wildman–Crippen LogP) is 1.47. The molecule has 0 aliphatic carbocycles. The molecule has 1 aliphatic heterocycles. The zero-order valence-electron chi connectivity index (χ0n) is 12.7. The predicted molar refractivity (Wildman–Crippen MR) is 80.6 cm³/mol. The molecule has 0 saturated carbocycles. The molecule has 7 nitrogen and oxygen atoms in total. The van der Waals surface area contributed by atoms with Crippen molar-refractivity contribution in [1.29, 1.82) is 0 Å². The lowest BCUT2D eigenvalue weighted by Crippen LogP contribution is -2.30. The molecule has 23 heavy (non-hydrogen) atoms. The highest BCUT2D eigenvalue weighted by Gasteiger charge is 2.28. The second-order valence-electron chi connectivity index (χ2n) is 5.59. The summed E-state index contributed by atoms with van der Waals surface area (Å²) < 4.78 is 37.4. The smallest absolute Gasteiger partial charge is 0.359 e. The van der Waals surface area contributed by atoms with Crippen molar-refractivity contribution in [3.63, 3.8) is 0 Å². The van der Waals surface area contributed by atoms with Crippen LogP contribution < -0.4 is 10.2 Å². The van der Waals surface area contributed by atoms with E-state index in [0.717, 1.165) is 32.6 Å². The molecule has 1 saturated heterocycles. The van der Waals surface area contributed by atoms with E-state index in [1.165, 1.54) is 6.33 Å². The van der Waals surface area contributed by atoms with Gasteiger partial charge in [0.2, 0.25) is 5.95 Å². The first-order valence-corrected chi connectivity index (χ1v) is 7.37. The van der Waals surface area contributed by atoms with Gasteiger partial charge in [0.25, 0.3) is 0 Å². The standard InChI is InChI=1S/C13H18F3N7/c1-22-3-2-4-23(6-5-22)12-20-10(17-7-13(14,15)16)9-11(21-12)19-8-18-9/h8H,2-7H2,1H3,(H2,17,18,19,20,21). The molecule has 0 amide bonds. The molecule has 0 atom stereocenters. The Hall–Kier alpha value is -2.10. The van der Waals surface area contributed by atoms with Gasteiger partial charge in [-0.25, -0.2) is 4.98 Å². The van der Waals surface area contributed by atoms with E-state index in [-0.39, 0.29) is 5.82 Å². The van der Waals surface area contributed by atoms with E-state index < -0.39 is 12.7 Å². The van der Waals surface area contributed by atoms with Gasteiger partial charge in [-0.05, 0) is 20.0 Å². The number of halogens is 3. The van der Waals surface area contributed by atoms with Crippen LogP contribution in [0.25, 0.3) is 11.2 Å². The number of nitrogens with one attached hydrogen (secondary N) is 2. The van der Waals surface area contributed by atoms with Gasteiger partial charge in [-0.1, -0.05) is 0 Å². The van der Waals surface area contributed by atoms with Gasteiger partial charge in [-0.3, -0.25) is 0 Å². The molecule has 0 unspecified atom stereocenters. The summed E-state index contributed by atoms with van der Waals surface area (Å²) >= 11 is 0. The number of hydrogen-bond acceptors (Lipinski definition) is 6. The molecule has 1 aliphatic rings. The Bertz CT molecular complexity index is 669. The van der Waals surface area contributed by atoms with Gasteiger partial charge in [-0.2, -0.15) is 23.1 Å². The zero-order valence-corrected chi connectivity index (χ0v) is 12.7. The topological polar surface area (TPSA) is 73.0 Å². The summed E-state index contributed by atoms with van der Waals surface area (Å²) in [6.45, 7) is 2.16. The number of H-pyrrole nitrogens is 1. The van der Waals surface area contributed by atoms with E-state index in [9.17, 15) is 13.2 Å². The van der Waals surface area contributed by atoms with Crippen molar-refractivity contribution in [3.05, 3.63) is 6.33 Å². The molecule has 0 bridgehead atoms. The fourth-order valence-electron chi connectivity index (χ4n) is 2.52. The minimum absolute atomic E-state index is 0.123. The van der Waals surface area contributed by atoms with Gasteiger partial charge in [0, 0.05) is 19.6 Å². The number of anilines is 2. The Kier molecular flexibility index (Phi) is 4.24. The highest BCUT2D eigenvalue weighted by Crippen LogP contribution is 2.23. The molecule has 3 heterocycles. The average molecular weight is 329 g/mol. The minimum atomic E-state index is -4.32. The molecule has 2 aromatic rings. The highest BCUT2D eigenvalue weighted by molar-refractivity contribution is 5.83. The summed E-state index contributed by atoms with van der Waals surface area (Å²) in [5.41, 5.74) is 0.738. The molecule has 126 valence electrons. The molecular formula is C13H18F3N7. The maximum atomic E-state index is 12.5. The number of imidazole rings is 1. The lowest BCUT2D eigenvalue weighted by Gasteiger charge is -2.21. The first-order chi connectivity index (χ1) is 10.9. The third-order valence-corrected chi connectivity index (χ3v) is 3.73. The van der Waals surface area contributed by atoms with Gasteiger partial charge in [-0.15, -0.1) is 0 Å². The summed E-state index contributed by atoms with van der Waals surface area (Å²) in [4.78, 5) is 19.7. The molecule has 10 heteroatoms. The molecule has 2 aromatic heterocycles. The fourth-order valence-corrected chi connectivity index (χ4v) is 2.52. The number of fused-ring (bicyclic) bond motifs is 1. The summed E-state index contributed by atoms with van der Waals surface area (Å²) in [7, 11) is 2.04. The van der Waals surface area contributed by atoms with E-state index in [4.69, 9.17) is 0 Å². The largest absolute Gasteiger partial charge is 0.405 e. The highest BCUT2D eigenvalue weighted by atomic mass is 19.4. The molecule has 2 N–H and O–H groups in total. The summed E-state index contributed by atoms with van der Waals surface area (Å²) in [6, 6.07) is 0. The van der Waals surface area contributed by atoms with Gasteiger partial charge in [0.15, 0.2) is 11.5 Å². The molecule has 0 radical (unpaired) electrons. The molecule has 0 spiro atoms. The SMILES string of the molecule is CN1CCCN(c2nc(NCC(F)(F)F)c3[nH]cnc3n2)CC1. The first-order valence-electron chi connectivity index (χ1n) is 7.37. The molecule has 1 fully saturated rings. The number of hydrogen-bond donors (Lipinski definition) is 2. The number of likely N-dealkylation sites (N-methyl/N-ethyl adjacent to an activating group) is 1. The maximum absolute atomic E-state index is 12.5. The normalized spacial score (nSPS) is 17.5. The van der Waals surface area contributed by atoms with Crippen LogP contribution >= 0.6 is 0 Å². The fraction of sp³-hybridized carbons (Fsp3) is 0.615. The van der Waals surface area contributed by atoms with E-state index >= 15 is 0 Å². The van der Waals surface area contributed by atoms with E-state index in [1.54, 1.807) is 0 Å². The Balaban J connectivity index is 1.88.